The topological polar surface area (TPSA) is 32.3 Å². The molecule has 2 N–H and O–H groups in total. The summed E-state index contributed by atoms with van der Waals surface area (Å²) in [5.41, 5.74) is 0.731. The minimum absolute atomic E-state index is 0.403. The van der Waals surface area contributed by atoms with Crippen molar-refractivity contribution in [3.8, 4) is 0 Å². The van der Waals surface area contributed by atoms with Crippen molar-refractivity contribution in [1.82, 2.24) is 0 Å². The zero-order valence-electron chi connectivity index (χ0n) is 8.86. The van der Waals surface area contributed by atoms with Gasteiger partial charge in [-0.15, -0.1) is 11.3 Å². The number of nitrogens with one attached hydrogen (secondary N) is 1. The highest BCUT2D eigenvalue weighted by atomic mass is 35.5. The minimum atomic E-state index is -0.537. The summed E-state index contributed by atoms with van der Waals surface area (Å²) in [7, 11) is 0. The molecule has 0 radical (unpaired) electrons. The van der Waals surface area contributed by atoms with Gasteiger partial charge in [0.1, 0.15) is 6.10 Å². The van der Waals surface area contributed by atoms with Crippen LogP contribution in [0.4, 0.5) is 5.69 Å². The second kappa shape index (κ2) is 5.74. The fraction of sp³-hybridized carbons (Fsp3) is 0.167. The molecular formula is C12H11Cl2NOS. The lowest BCUT2D eigenvalue weighted by molar-refractivity contribution is 0.195. The third-order valence-electron chi connectivity index (χ3n) is 2.31. The highest BCUT2D eigenvalue weighted by molar-refractivity contribution is 7.10. The summed E-state index contributed by atoms with van der Waals surface area (Å²) in [5, 5.41) is 15.9. The van der Waals surface area contributed by atoms with E-state index in [0.29, 0.717) is 16.6 Å². The van der Waals surface area contributed by atoms with Crippen LogP contribution in [0.1, 0.15) is 11.0 Å². The van der Waals surface area contributed by atoms with Crippen molar-refractivity contribution in [2.24, 2.45) is 0 Å². The van der Waals surface area contributed by atoms with E-state index < -0.39 is 6.10 Å². The zero-order valence-corrected chi connectivity index (χ0v) is 11.2. The fourth-order valence-corrected chi connectivity index (χ4v) is 2.51. The molecule has 1 unspecified atom stereocenters. The Kier molecular flexibility index (Phi) is 4.29. The third kappa shape index (κ3) is 3.13. The molecule has 0 saturated carbocycles. The lowest BCUT2D eigenvalue weighted by Gasteiger charge is -2.12. The molecule has 0 bridgehead atoms. The van der Waals surface area contributed by atoms with Crippen molar-refractivity contribution >= 4 is 40.2 Å². The smallest absolute Gasteiger partial charge is 0.105 e. The van der Waals surface area contributed by atoms with E-state index in [0.717, 1.165) is 10.6 Å². The lowest BCUT2D eigenvalue weighted by Crippen LogP contribution is -2.11. The van der Waals surface area contributed by atoms with Gasteiger partial charge in [-0.3, -0.25) is 0 Å². The lowest BCUT2D eigenvalue weighted by atomic mass is 10.2. The SMILES string of the molecule is OC(CNc1cccc(Cl)c1Cl)c1cccs1. The molecule has 1 heterocycles. The first kappa shape index (κ1) is 12.7. The van der Waals surface area contributed by atoms with Crippen LogP contribution in [0.2, 0.25) is 10.0 Å². The second-order valence-electron chi connectivity index (χ2n) is 3.51. The van der Waals surface area contributed by atoms with E-state index in [1.165, 1.54) is 11.3 Å². The molecule has 2 nitrogen and oxygen atoms in total. The number of aliphatic hydroxyl groups excluding tert-OH is 1. The highest BCUT2D eigenvalue weighted by Crippen LogP contribution is 2.30. The van der Waals surface area contributed by atoms with Gasteiger partial charge in [0.15, 0.2) is 0 Å². The number of benzene rings is 1. The Morgan fingerprint density at radius 3 is 2.76 bits per heavy atom. The van der Waals surface area contributed by atoms with Gasteiger partial charge >= 0.3 is 0 Å². The average molecular weight is 288 g/mol. The zero-order chi connectivity index (χ0) is 12.3. The summed E-state index contributed by atoms with van der Waals surface area (Å²) in [6, 6.07) is 9.18. The molecule has 2 rings (SSSR count). The number of rotatable bonds is 4. The maximum absolute atomic E-state index is 9.90. The molecule has 1 atom stereocenters. The largest absolute Gasteiger partial charge is 0.386 e. The van der Waals surface area contributed by atoms with E-state index in [1.54, 1.807) is 6.07 Å². The van der Waals surface area contributed by atoms with Gasteiger partial charge in [-0.05, 0) is 23.6 Å². The van der Waals surface area contributed by atoms with Gasteiger partial charge in [0.05, 0.1) is 15.7 Å². The molecule has 1 aromatic carbocycles. The third-order valence-corrected chi connectivity index (χ3v) is 4.10. The number of aliphatic hydroxyl groups is 1. The predicted octanol–water partition coefficient (Wildman–Crippen LogP) is 4.20. The van der Waals surface area contributed by atoms with E-state index in [1.807, 2.05) is 29.6 Å². The van der Waals surface area contributed by atoms with Crippen LogP contribution >= 0.6 is 34.5 Å². The van der Waals surface area contributed by atoms with Crippen LogP contribution in [-0.2, 0) is 0 Å². The number of anilines is 1. The quantitative estimate of drug-likeness (QED) is 0.883. The molecule has 0 fully saturated rings. The molecule has 17 heavy (non-hydrogen) atoms. The van der Waals surface area contributed by atoms with E-state index >= 15 is 0 Å². The standard InChI is InChI=1S/C12H11Cl2NOS/c13-8-3-1-4-9(12(8)14)15-7-10(16)11-5-2-6-17-11/h1-6,10,15-16H,7H2. The van der Waals surface area contributed by atoms with Crippen LogP contribution in [0, 0.1) is 0 Å². The van der Waals surface area contributed by atoms with E-state index in [4.69, 9.17) is 23.2 Å². The second-order valence-corrected chi connectivity index (χ2v) is 5.28. The Hall–Kier alpha value is -0.740. The van der Waals surface area contributed by atoms with Crippen molar-refractivity contribution in [2.45, 2.75) is 6.10 Å². The summed E-state index contributed by atoms with van der Waals surface area (Å²) in [5.74, 6) is 0. The molecule has 0 aliphatic carbocycles. The van der Waals surface area contributed by atoms with Crippen molar-refractivity contribution in [2.75, 3.05) is 11.9 Å². The number of thiophene rings is 1. The van der Waals surface area contributed by atoms with Gasteiger partial charge in [-0.2, -0.15) is 0 Å². The molecule has 0 spiro atoms. The van der Waals surface area contributed by atoms with Crippen LogP contribution < -0.4 is 5.32 Å². The first-order chi connectivity index (χ1) is 8.18. The summed E-state index contributed by atoms with van der Waals surface area (Å²) in [6.07, 6.45) is -0.537. The number of hydrogen-bond donors (Lipinski definition) is 2. The Labute approximate surface area is 114 Å². The summed E-state index contributed by atoms with van der Waals surface area (Å²) < 4.78 is 0. The van der Waals surface area contributed by atoms with Crippen LogP contribution in [-0.4, -0.2) is 11.7 Å². The van der Waals surface area contributed by atoms with Gasteiger partial charge in [0, 0.05) is 11.4 Å². The Bertz CT molecular complexity index is 487. The van der Waals surface area contributed by atoms with E-state index in [9.17, 15) is 5.11 Å². The summed E-state index contributed by atoms with van der Waals surface area (Å²) in [4.78, 5) is 0.927. The van der Waals surface area contributed by atoms with Crippen LogP contribution in [0.3, 0.4) is 0 Å². The minimum Gasteiger partial charge on any atom is -0.386 e. The van der Waals surface area contributed by atoms with Crippen molar-refractivity contribution in [1.29, 1.82) is 0 Å². The molecule has 90 valence electrons. The Morgan fingerprint density at radius 2 is 2.06 bits per heavy atom. The van der Waals surface area contributed by atoms with Gasteiger partial charge in [0.2, 0.25) is 0 Å². The van der Waals surface area contributed by atoms with Gasteiger partial charge in [-0.25, -0.2) is 0 Å². The molecule has 0 amide bonds. The predicted molar refractivity (Wildman–Crippen MR) is 74.2 cm³/mol. The number of hydrogen-bond acceptors (Lipinski definition) is 3. The monoisotopic (exact) mass is 287 g/mol. The molecule has 0 aliphatic rings. The van der Waals surface area contributed by atoms with E-state index in [-0.39, 0.29) is 0 Å². The van der Waals surface area contributed by atoms with Crippen molar-refractivity contribution in [3.05, 3.63) is 50.6 Å². The fourth-order valence-electron chi connectivity index (χ4n) is 1.43. The Balaban J connectivity index is 2.00. The van der Waals surface area contributed by atoms with Gasteiger partial charge < -0.3 is 10.4 Å². The number of halogens is 2. The molecular weight excluding hydrogens is 277 g/mol. The van der Waals surface area contributed by atoms with Crippen LogP contribution in [0.15, 0.2) is 35.7 Å². The molecule has 1 aromatic heterocycles. The first-order valence-corrected chi connectivity index (χ1v) is 6.71. The maximum atomic E-state index is 9.90. The van der Waals surface area contributed by atoms with Crippen LogP contribution in [0.25, 0.3) is 0 Å². The average Bonchev–Trinajstić information content (AvgIpc) is 2.84. The maximum Gasteiger partial charge on any atom is 0.105 e. The van der Waals surface area contributed by atoms with Crippen molar-refractivity contribution < 1.29 is 5.11 Å². The first-order valence-electron chi connectivity index (χ1n) is 5.08. The normalized spacial score (nSPS) is 12.4. The summed E-state index contributed by atoms with van der Waals surface area (Å²) >= 11 is 13.4. The van der Waals surface area contributed by atoms with E-state index in [2.05, 4.69) is 5.32 Å². The highest BCUT2D eigenvalue weighted by Gasteiger charge is 2.09. The Morgan fingerprint density at radius 1 is 1.24 bits per heavy atom. The molecule has 0 aliphatic heterocycles. The summed E-state index contributed by atoms with van der Waals surface area (Å²) in [6.45, 7) is 0.403. The molecule has 0 saturated heterocycles. The molecule has 2 aromatic rings. The van der Waals surface area contributed by atoms with Gasteiger partial charge in [0.25, 0.3) is 0 Å². The van der Waals surface area contributed by atoms with Gasteiger partial charge in [-0.1, -0.05) is 35.3 Å². The van der Waals surface area contributed by atoms with Crippen molar-refractivity contribution in [3.63, 3.8) is 0 Å². The molecule has 5 heteroatoms. The van der Waals surface area contributed by atoms with Crippen LogP contribution in [0.5, 0.6) is 0 Å².